The summed E-state index contributed by atoms with van der Waals surface area (Å²) in [6, 6.07) is 11.3. The number of rotatable bonds is 9. The third-order valence-electron chi connectivity index (χ3n) is 6.44. The van der Waals surface area contributed by atoms with Crippen LogP contribution >= 0.6 is 0 Å². The van der Waals surface area contributed by atoms with E-state index < -0.39 is 0 Å². The third-order valence-corrected chi connectivity index (χ3v) is 6.44. The smallest absolute Gasteiger partial charge is 0.224 e. The summed E-state index contributed by atoms with van der Waals surface area (Å²) in [5, 5.41) is 12.0. The fourth-order valence-electron chi connectivity index (χ4n) is 4.71. The van der Waals surface area contributed by atoms with Crippen LogP contribution in [0.3, 0.4) is 0 Å². The number of nitrogens with zero attached hydrogens (tertiary/aromatic N) is 4. The average molecular weight is 474 g/mol. The average Bonchev–Trinajstić information content (AvgIpc) is 3.16. The van der Waals surface area contributed by atoms with E-state index >= 15 is 0 Å². The van der Waals surface area contributed by atoms with Crippen molar-refractivity contribution in [1.29, 1.82) is 5.26 Å². The molecule has 1 amide bonds. The number of aromatic nitrogens is 2. The summed E-state index contributed by atoms with van der Waals surface area (Å²) in [5.41, 5.74) is 5.00. The molecule has 1 fully saturated rings. The first-order chi connectivity index (χ1) is 17.0. The maximum absolute atomic E-state index is 13.5. The van der Waals surface area contributed by atoms with Crippen molar-refractivity contribution in [3.8, 4) is 11.8 Å². The number of nitrogens with one attached hydrogen (secondary N) is 1. The number of benzene rings is 1. The van der Waals surface area contributed by atoms with E-state index in [9.17, 15) is 14.9 Å². The van der Waals surface area contributed by atoms with Gasteiger partial charge in [0.1, 0.15) is 0 Å². The number of amides is 1. The molecule has 2 aromatic heterocycles. The molecule has 1 aliphatic rings. The van der Waals surface area contributed by atoms with Crippen molar-refractivity contribution in [3.63, 3.8) is 0 Å². The van der Waals surface area contributed by atoms with Gasteiger partial charge in [0, 0.05) is 31.2 Å². The molecule has 182 valence electrons. The molecule has 0 spiro atoms. The Balaban J connectivity index is 1.73. The number of methoxy groups -OCH3 is 1. The van der Waals surface area contributed by atoms with Crippen LogP contribution in [0.4, 0.5) is 0 Å². The molecule has 0 unspecified atom stereocenters. The quantitative estimate of drug-likeness (QED) is 0.378. The molecule has 8 nitrogen and oxygen atoms in total. The number of Topliss-reactive ketones (excluding diaryl/α,β-unsaturated/α-hetero) is 1. The second-order valence-electron chi connectivity index (χ2n) is 8.95. The van der Waals surface area contributed by atoms with Crippen LogP contribution in [0.5, 0.6) is 0 Å². The molecule has 8 heteroatoms. The van der Waals surface area contributed by atoms with Crippen molar-refractivity contribution in [1.82, 2.24) is 19.8 Å². The Bertz CT molecular complexity index is 1250. The predicted octanol–water partition coefficient (Wildman–Crippen LogP) is 3.18. The van der Waals surface area contributed by atoms with Gasteiger partial charge in [0.05, 0.1) is 47.8 Å². The molecule has 3 heterocycles. The Morgan fingerprint density at radius 1 is 1.17 bits per heavy atom. The molecule has 0 saturated carbocycles. The largest absolute Gasteiger partial charge is 0.383 e. The maximum Gasteiger partial charge on any atom is 0.224 e. The molecular formula is C27H31N5O3. The van der Waals surface area contributed by atoms with Crippen molar-refractivity contribution in [2.75, 3.05) is 39.9 Å². The van der Waals surface area contributed by atoms with Crippen LogP contribution in [0.25, 0.3) is 16.7 Å². The van der Waals surface area contributed by atoms with Crippen molar-refractivity contribution in [3.05, 3.63) is 58.9 Å². The summed E-state index contributed by atoms with van der Waals surface area (Å²) in [6.45, 7) is 5.08. The van der Waals surface area contributed by atoms with Gasteiger partial charge in [-0.25, -0.2) is 0 Å². The van der Waals surface area contributed by atoms with E-state index in [0.29, 0.717) is 36.3 Å². The van der Waals surface area contributed by atoms with E-state index in [4.69, 9.17) is 4.74 Å². The fourth-order valence-corrected chi connectivity index (χ4v) is 4.71. The lowest BCUT2D eigenvalue weighted by atomic mass is 10.1. The Morgan fingerprint density at radius 3 is 2.60 bits per heavy atom. The summed E-state index contributed by atoms with van der Waals surface area (Å²) >= 11 is 0. The Labute approximate surface area is 205 Å². The van der Waals surface area contributed by atoms with Crippen LogP contribution in [0, 0.1) is 18.3 Å². The van der Waals surface area contributed by atoms with Crippen molar-refractivity contribution >= 4 is 22.7 Å². The standard InChI is InChI=1S/C27H31N5O3/c1-19-26(24(33)18-31-11-4-3-5-12-31)27-23(32(19)22-8-6-20(16-28)7-9-22)14-21(17-30-27)15-25(34)29-10-13-35-2/h6-9,14,17H,3-5,10-13,15,18H2,1-2H3,(H,29,34). The van der Waals surface area contributed by atoms with E-state index in [-0.39, 0.29) is 18.1 Å². The van der Waals surface area contributed by atoms with E-state index in [1.54, 1.807) is 25.4 Å². The summed E-state index contributed by atoms with van der Waals surface area (Å²) in [4.78, 5) is 32.7. The number of pyridine rings is 1. The second kappa shape index (κ2) is 11.3. The van der Waals surface area contributed by atoms with Gasteiger partial charge in [0.2, 0.25) is 5.91 Å². The first-order valence-electron chi connectivity index (χ1n) is 12.0. The number of hydrogen-bond acceptors (Lipinski definition) is 6. The zero-order valence-corrected chi connectivity index (χ0v) is 20.3. The monoisotopic (exact) mass is 473 g/mol. The Kier molecular flexibility index (Phi) is 7.91. The third kappa shape index (κ3) is 5.59. The summed E-state index contributed by atoms with van der Waals surface area (Å²) < 4.78 is 6.99. The lowest BCUT2D eigenvalue weighted by Crippen LogP contribution is -2.34. The number of carbonyl (C=O) groups excluding carboxylic acids is 2. The van der Waals surface area contributed by atoms with Crippen LogP contribution in [0.15, 0.2) is 36.5 Å². The van der Waals surface area contributed by atoms with Crippen molar-refractivity contribution in [2.45, 2.75) is 32.6 Å². The van der Waals surface area contributed by atoms with E-state index in [0.717, 1.165) is 48.4 Å². The lowest BCUT2D eigenvalue weighted by Gasteiger charge is -2.25. The Morgan fingerprint density at radius 2 is 1.91 bits per heavy atom. The van der Waals surface area contributed by atoms with E-state index in [2.05, 4.69) is 21.3 Å². The zero-order chi connectivity index (χ0) is 24.8. The normalized spacial score (nSPS) is 14.1. The minimum absolute atomic E-state index is 0.0550. The molecule has 1 saturated heterocycles. The molecule has 3 aromatic rings. The SMILES string of the molecule is COCCNC(=O)Cc1cnc2c(C(=O)CN3CCCCC3)c(C)n(-c3ccc(C#N)cc3)c2c1. The zero-order valence-electron chi connectivity index (χ0n) is 20.3. The van der Waals surface area contributed by atoms with Crippen LogP contribution in [0.2, 0.25) is 0 Å². The molecule has 1 N–H and O–H groups in total. The maximum atomic E-state index is 13.5. The first kappa shape index (κ1) is 24.6. The number of fused-ring (bicyclic) bond motifs is 1. The van der Waals surface area contributed by atoms with E-state index in [1.807, 2.05) is 29.7 Å². The van der Waals surface area contributed by atoms with Gasteiger partial charge >= 0.3 is 0 Å². The van der Waals surface area contributed by atoms with Crippen LogP contribution in [-0.2, 0) is 16.0 Å². The highest BCUT2D eigenvalue weighted by atomic mass is 16.5. The van der Waals surface area contributed by atoms with Gasteiger partial charge in [-0.05, 0) is 68.8 Å². The summed E-state index contributed by atoms with van der Waals surface area (Å²) in [5.74, 6) is -0.0582. The number of carbonyl (C=O) groups is 2. The minimum atomic E-state index is -0.113. The minimum Gasteiger partial charge on any atom is -0.383 e. The van der Waals surface area contributed by atoms with Gasteiger partial charge in [-0.3, -0.25) is 19.5 Å². The summed E-state index contributed by atoms with van der Waals surface area (Å²) in [6.07, 6.45) is 5.31. The number of likely N-dealkylation sites (tertiary alicyclic amines) is 1. The van der Waals surface area contributed by atoms with Gasteiger partial charge in [-0.15, -0.1) is 0 Å². The van der Waals surface area contributed by atoms with Gasteiger partial charge in [0.25, 0.3) is 0 Å². The Hall–Kier alpha value is -3.54. The fraction of sp³-hybridized carbons (Fsp3) is 0.407. The van der Waals surface area contributed by atoms with Gasteiger partial charge in [-0.1, -0.05) is 6.42 Å². The van der Waals surface area contributed by atoms with Gasteiger partial charge in [-0.2, -0.15) is 5.26 Å². The number of nitriles is 1. The van der Waals surface area contributed by atoms with Crippen LogP contribution in [0.1, 0.15) is 46.4 Å². The van der Waals surface area contributed by atoms with Crippen LogP contribution in [-0.4, -0.2) is 66.0 Å². The molecule has 4 rings (SSSR count). The molecule has 0 radical (unpaired) electrons. The molecular weight excluding hydrogens is 442 g/mol. The molecule has 1 aromatic carbocycles. The van der Waals surface area contributed by atoms with Gasteiger partial charge in [0.15, 0.2) is 5.78 Å². The molecule has 0 bridgehead atoms. The number of piperidine rings is 1. The number of ketones is 1. The highest BCUT2D eigenvalue weighted by Crippen LogP contribution is 2.30. The van der Waals surface area contributed by atoms with Crippen molar-refractivity contribution in [2.24, 2.45) is 0 Å². The molecule has 0 aliphatic carbocycles. The number of ether oxygens (including phenoxy) is 1. The predicted molar refractivity (Wildman–Crippen MR) is 134 cm³/mol. The molecule has 0 atom stereocenters. The highest BCUT2D eigenvalue weighted by molar-refractivity contribution is 6.09. The summed E-state index contributed by atoms with van der Waals surface area (Å²) in [7, 11) is 1.59. The first-order valence-corrected chi connectivity index (χ1v) is 12.0. The lowest BCUT2D eigenvalue weighted by molar-refractivity contribution is -0.120. The van der Waals surface area contributed by atoms with Gasteiger partial charge < -0.3 is 14.6 Å². The molecule has 1 aliphatic heterocycles. The van der Waals surface area contributed by atoms with Crippen LogP contribution < -0.4 is 5.32 Å². The van der Waals surface area contributed by atoms with E-state index in [1.165, 1.54) is 6.42 Å². The second-order valence-corrected chi connectivity index (χ2v) is 8.95. The molecule has 35 heavy (non-hydrogen) atoms. The topological polar surface area (TPSA) is 100 Å². The van der Waals surface area contributed by atoms with Crippen molar-refractivity contribution < 1.29 is 14.3 Å². The highest BCUT2D eigenvalue weighted by Gasteiger charge is 2.24. The number of hydrogen-bond donors (Lipinski definition) is 1.